The van der Waals surface area contributed by atoms with Crippen molar-refractivity contribution in [3.63, 3.8) is 0 Å². The summed E-state index contributed by atoms with van der Waals surface area (Å²) in [4.78, 5) is 16.7. The first kappa shape index (κ1) is 14.9. The molecule has 19 heavy (non-hydrogen) atoms. The van der Waals surface area contributed by atoms with Crippen molar-refractivity contribution in [1.82, 2.24) is 4.98 Å². The normalized spacial score (nSPS) is 10.3. The van der Waals surface area contributed by atoms with Gasteiger partial charge in [-0.1, -0.05) is 13.8 Å². The van der Waals surface area contributed by atoms with Crippen LogP contribution in [0.1, 0.15) is 25.8 Å². The number of aryl methyl sites for hydroxylation is 1. The molecule has 0 radical (unpaired) electrons. The molecule has 1 aromatic heterocycles. The number of nitrogens with zero attached hydrogens (tertiary/aromatic N) is 4. The van der Waals surface area contributed by atoms with Gasteiger partial charge in [-0.2, -0.15) is 5.26 Å². The first-order chi connectivity index (χ1) is 8.97. The van der Waals surface area contributed by atoms with Gasteiger partial charge in [-0.3, -0.25) is 10.1 Å². The summed E-state index contributed by atoms with van der Waals surface area (Å²) in [6.07, 6.45) is 1.89. The molecule has 1 heterocycles. The fourth-order valence-electron chi connectivity index (χ4n) is 1.90. The van der Waals surface area contributed by atoms with Gasteiger partial charge in [-0.05, 0) is 18.9 Å². The third-order valence-corrected chi connectivity index (χ3v) is 2.67. The number of pyridine rings is 1. The fraction of sp³-hybridized carbons (Fsp3) is 0.538. The molecular formula is C13H18N4O2. The van der Waals surface area contributed by atoms with E-state index in [1.807, 2.05) is 18.7 Å². The van der Waals surface area contributed by atoms with Crippen LogP contribution in [0.4, 0.5) is 11.5 Å². The number of nitro groups is 1. The summed E-state index contributed by atoms with van der Waals surface area (Å²) >= 11 is 0. The van der Waals surface area contributed by atoms with E-state index in [1.165, 1.54) is 0 Å². The summed E-state index contributed by atoms with van der Waals surface area (Å²) in [5, 5.41) is 19.9. The van der Waals surface area contributed by atoms with E-state index >= 15 is 0 Å². The molecule has 0 bridgehead atoms. The van der Waals surface area contributed by atoms with Crippen molar-refractivity contribution in [2.75, 3.05) is 18.0 Å². The maximum Gasteiger partial charge on any atom is 0.314 e. The van der Waals surface area contributed by atoms with Gasteiger partial charge in [0.2, 0.25) is 5.82 Å². The Morgan fingerprint density at radius 2 is 2.26 bits per heavy atom. The largest absolute Gasteiger partial charge is 0.350 e. The first-order valence-corrected chi connectivity index (χ1v) is 6.19. The van der Waals surface area contributed by atoms with Crippen LogP contribution in [0, 0.1) is 34.3 Å². The van der Waals surface area contributed by atoms with E-state index in [4.69, 9.17) is 5.26 Å². The summed E-state index contributed by atoms with van der Waals surface area (Å²) in [6, 6.07) is 3.69. The molecule has 0 amide bonds. The maximum absolute atomic E-state index is 11.2. The molecule has 0 saturated carbocycles. The van der Waals surface area contributed by atoms with Crippen molar-refractivity contribution in [3.05, 3.63) is 27.9 Å². The fourth-order valence-corrected chi connectivity index (χ4v) is 1.90. The monoisotopic (exact) mass is 262 g/mol. The number of rotatable bonds is 6. The summed E-state index contributed by atoms with van der Waals surface area (Å²) in [5.74, 6) is 0.689. The second-order valence-electron chi connectivity index (χ2n) is 4.81. The van der Waals surface area contributed by atoms with Gasteiger partial charge in [0.1, 0.15) is 0 Å². The Balaban J connectivity index is 3.17. The van der Waals surface area contributed by atoms with E-state index in [0.717, 1.165) is 0 Å². The number of anilines is 1. The van der Waals surface area contributed by atoms with Gasteiger partial charge in [0.25, 0.3) is 0 Å². The predicted octanol–water partition coefficient (Wildman–Crippen LogP) is 2.67. The molecule has 1 aromatic rings. The molecule has 0 aromatic carbocycles. The topological polar surface area (TPSA) is 83.1 Å². The highest BCUT2D eigenvalue weighted by Crippen LogP contribution is 2.29. The number of nitriles is 1. The minimum absolute atomic E-state index is 0.0288. The summed E-state index contributed by atoms with van der Waals surface area (Å²) in [7, 11) is 0. The van der Waals surface area contributed by atoms with Crippen LogP contribution < -0.4 is 4.90 Å². The zero-order valence-electron chi connectivity index (χ0n) is 11.5. The number of hydrogen-bond acceptors (Lipinski definition) is 5. The average molecular weight is 262 g/mol. The maximum atomic E-state index is 11.2. The lowest BCUT2D eigenvalue weighted by molar-refractivity contribution is -0.384. The molecule has 0 unspecified atom stereocenters. The Labute approximate surface area is 112 Å². The molecule has 0 aliphatic heterocycles. The van der Waals surface area contributed by atoms with E-state index in [0.29, 0.717) is 36.8 Å². The molecule has 0 aliphatic carbocycles. The lowest BCUT2D eigenvalue weighted by Crippen LogP contribution is -2.30. The highest BCUT2D eigenvalue weighted by atomic mass is 16.6. The Morgan fingerprint density at radius 3 is 2.79 bits per heavy atom. The zero-order valence-corrected chi connectivity index (χ0v) is 11.5. The summed E-state index contributed by atoms with van der Waals surface area (Å²) in [5.41, 5.74) is 0.613. The smallest absolute Gasteiger partial charge is 0.314 e. The van der Waals surface area contributed by atoms with Crippen LogP contribution in [0.5, 0.6) is 0 Å². The summed E-state index contributed by atoms with van der Waals surface area (Å²) in [6.45, 7) is 6.84. The van der Waals surface area contributed by atoms with E-state index in [2.05, 4.69) is 11.1 Å². The zero-order chi connectivity index (χ0) is 14.4. The van der Waals surface area contributed by atoms with Gasteiger partial charge in [-0.15, -0.1) is 0 Å². The van der Waals surface area contributed by atoms with Gasteiger partial charge in [-0.25, -0.2) is 4.98 Å². The average Bonchev–Trinajstić information content (AvgIpc) is 2.33. The highest BCUT2D eigenvalue weighted by molar-refractivity contribution is 5.61. The number of hydrogen-bond donors (Lipinski definition) is 0. The van der Waals surface area contributed by atoms with Crippen LogP contribution in [-0.2, 0) is 0 Å². The van der Waals surface area contributed by atoms with Crippen LogP contribution in [0.25, 0.3) is 0 Å². The Hall–Kier alpha value is -2.16. The molecule has 1 rings (SSSR count). The van der Waals surface area contributed by atoms with E-state index in [9.17, 15) is 10.1 Å². The summed E-state index contributed by atoms with van der Waals surface area (Å²) < 4.78 is 0. The Morgan fingerprint density at radius 1 is 1.58 bits per heavy atom. The highest BCUT2D eigenvalue weighted by Gasteiger charge is 2.23. The standard InChI is InChI=1S/C13H18N4O2/c1-10(2)9-16(8-4-6-14)13-12(17(18)19)11(3)5-7-15-13/h5,7,10H,4,8-9H2,1-3H3. The molecule has 0 N–H and O–H groups in total. The van der Waals surface area contributed by atoms with Crippen molar-refractivity contribution in [1.29, 1.82) is 5.26 Å². The third kappa shape index (κ3) is 3.91. The van der Waals surface area contributed by atoms with Crippen LogP contribution >= 0.6 is 0 Å². The number of aromatic nitrogens is 1. The lowest BCUT2D eigenvalue weighted by Gasteiger charge is -2.24. The minimum Gasteiger partial charge on any atom is -0.350 e. The quantitative estimate of drug-likeness (QED) is 0.581. The van der Waals surface area contributed by atoms with Crippen LogP contribution in [-0.4, -0.2) is 23.0 Å². The molecule has 0 spiro atoms. The van der Waals surface area contributed by atoms with Crippen LogP contribution in [0.3, 0.4) is 0 Å². The van der Waals surface area contributed by atoms with Crippen molar-refractivity contribution in [2.45, 2.75) is 27.2 Å². The van der Waals surface area contributed by atoms with Crippen LogP contribution in [0.2, 0.25) is 0 Å². The molecule has 6 nitrogen and oxygen atoms in total. The van der Waals surface area contributed by atoms with Gasteiger partial charge in [0.15, 0.2) is 0 Å². The minimum atomic E-state index is -0.405. The predicted molar refractivity (Wildman–Crippen MR) is 72.9 cm³/mol. The molecular weight excluding hydrogens is 244 g/mol. The molecule has 6 heteroatoms. The third-order valence-electron chi connectivity index (χ3n) is 2.67. The van der Waals surface area contributed by atoms with Crippen molar-refractivity contribution < 1.29 is 4.92 Å². The van der Waals surface area contributed by atoms with Crippen molar-refractivity contribution in [2.24, 2.45) is 5.92 Å². The van der Waals surface area contributed by atoms with E-state index in [-0.39, 0.29) is 5.69 Å². The van der Waals surface area contributed by atoms with Crippen molar-refractivity contribution >= 4 is 11.5 Å². The lowest BCUT2D eigenvalue weighted by atomic mass is 10.1. The van der Waals surface area contributed by atoms with Crippen LogP contribution in [0.15, 0.2) is 12.3 Å². The first-order valence-electron chi connectivity index (χ1n) is 6.19. The molecule has 0 aliphatic rings. The second-order valence-corrected chi connectivity index (χ2v) is 4.81. The molecule has 0 atom stereocenters. The Kier molecular flexibility index (Phi) is 5.24. The van der Waals surface area contributed by atoms with E-state index in [1.54, 1.807) is 19.2 Å². The van der Waals surface area contributed by atoms with Gasteiger partial charge < -0.3 is 4.90 Å². The Bertz CT molecular complexity index is 494. The van der Waals surface area contributed by atoms with E-state index < -0.39 is 4.92 Å². The molecule has 0 fully saturated rings. The second kappa shape index (κ2) is 6.69. The SMILES string of the molecule is Cc1ccnc(N(CCC#N)CC(C)C)c1[N+](=O)[O-]. The van der Waals surface area contributed by atoms with Gasteiger partial charge in [0.05, 0.1) is 17.4 Å². The van der Waals surface area contributed by atoms with Gasteiger partial charge in [0, 0.05) is 24.8 Å². The van der Waals surface area contributed by atoms with Crippen molar-refractivity contribution in [3.8, 4) is 6.07 Å². The molecule has 0 saturated heterocycles. The van der Waals surface area contributed by atoms with Gasteiger partial charge >= 0.3 is 5.69 Å². The molecule has 102 valence electrons.